The highest BCUT2D eigenvalue weighted by molar-refractivity contribution is 7.89. The van der Waals surface area contributed by atoms with E-state index < -0.39 is 15.9 Å². The van der Waals surface area contributed by atoms with Gasteiger partial charge < -0.3 is 15.4 Å². The summed E-state index contributed by atoms with van der Waals surface area (Å²) >= 11 is 0. The lowest BCUT2D eigenvalue weighted by atomic mass is 10.2. The van der Waals surface area contributed by atoms with E-state index in [1.807, 2.05) is 0 Å². The molecule has 2 rings (SSSR count). The van der Waals surface area contributed by atoms with Crippen molar-refractivity contribution < 1.29 is 18.3 Å². The minimum atomic E-state index is -3.69. The summed E-state index contributed by atoms with van der Waals surface area (Å²) in [5.74, 6) is -0.677. The molecule has 1 aliphatic heterocycles. The lowest BCUT2D eigenvalue weighted by Gasteiger charge is -2.21. The number of aliphatic hydroxyl groups is 1. The van der Waals surface area contributed by atoms with Crippen LogP contribution in [-0.2, 0) is 17.1 Å². The molecule has 0 aromatic carbocycles. The molecule has 1 fully saturated rings. The van der Waals surface area contributed by atoms with E-state index in [9.17, 15) is 18.3 Å². The van der Waals surface area contributed by atoms with Crippen LogP contribution in [0.4, 0.5) is 0 Å². The number of nitrogens with two attached hydrogens (primary N) is 1. The number of sulfonamides is 1. The van der Waals surface area contributed by atoms with Gasteiger partial charge in [-0.25, -0.2) is 8.42 Å². The zero-order valence-electron chi connectivity index (χ0n) is 10.6. The van der Waals surface area contributed by atoms with Crippen LogP contribution in [-0.4, -0.2) is 47.5 Å². The molecule has 3 N–H and O–H groups in total. The SMILES string of the molecule is Cn1cc(S(=O)(=O)N2CCC[C@H]2CO)cc1C(N)=O. The third-order valence-corrected chi connectivity index (χ3v) is 5.29. The van der Waals surface area contributed by atoms with Crippen molar-refractivity contribution in [3.8, 4) is 0 Å². The molecule has 0 aliphatic carbocycles. The summed E-state index contributed by atoms with van der Waals surface area (Å²) in [7, 11) is -2.13. The van der Waals surface area contributed by atoms with Crippen LogP contribution in [0, 0.1) is 0 Å². The van der Waals surface area contributed by atoms with Crippen LogP contribution in [0.3, 0.4) is 0 Å². The molecule has 8 heteroatoms. The summed E-state index contributed by atoms with van der Waals surface area (Å²) in [6.07, 6.45) is 2.73. The number of aromatic nitrogens is 1. The van der Waals surface area contributed by atoms with Crippen molar-refractivity contribution in [2.45, 2.75) is 23.8 Å². The van der Waals surface area contributed by atoms with Crippen molar-refractivity contribution in [1.82, 2.24) is 8.87 Å². The average Bonchev–Trinajstić information content (AvgIpc) is 2.94. The number of nitrogens with zero attached hydrogens (tertiary/aromatic N) is 2. The van der Waals surface area contributed by atoms with E-state index in [2.05, 4.69) is 0 Å². The molecule has 1 aliphatic rings. The van der Waals surface area contributed by atoms with E-state index in [4.69, 9.17) is 5.73 Å². The Morgan fingerprint density at radius 2 is 2.26 bits per heavy atom. The molecule has 106 valence electrons. The second-order valence-electron chi connectivity index (χ2n) is 4.63. The van der Waals surface area contributed by atoms with Crippen molar-refractivity contribution in [2.75, 3.05) is 13.2 Å². The lowest BCUT2D eigenvalue weighted by molar-refractivity contribution is 0.0992. The first-order valence-corrected chi connectivity index (χ1v) is 7.41. The van der Waals surface area contributed by atoms with Gasteiger partial charge in [-0.05, 0) is 18.9 Å². The highest BCUT2D eigenvalue weighted by atomic mass is 32.2. The number of hydrogen-bond donors (Lipinski definition) is 2. The summed E-state index contributed by atoms with van der Waals surface area (Å²) in [5.41, 5.74) is 5.31. The van der Waals surface area contributed by atoms with E-state index in [0.717, 1.165) is 6.42 Å². The highest BCUT2D eigenvalue weighted by Gasteiger charge is 2.35. The molecule has 1 atom stereocenters. The Kier molecular flexibility index (Phi) is 3.66. The van der Waals surface area contributed by atoms with Gasteiger partial charge in [-0.2, -0.15) is 4.31 Å². The van der Waals surface area contributed by atoms with Gasteiger partial charge in [0.25, 0.3) is 5.91 Å². The van der Waals surface area contributed by atoms with Gasteiger partial charge in [0.05, 0.1) is 6.61 Å². The maximum absolute atomic E-state index is 12.4. The second kappa shape index (κ2) is 4.95. The number of aryl methyl sites for hydroxylation is 1. The molecule has 0 spiro atoms. The average molecular weight is 287 g/mol. The number of hydrogen-bond acceptors (Lipinski definition) is 4. The van der Waals surface area contributed by atoms with Crippen molar-refractivity contribution in [3.63, 3.8) is 0 Å². The number of carbonyl (C=O) groups excluding carboxylic acids is 1. The molecule has 1 saturated heterocycles. The Morgan fingerprint density at radius 1 is 1.58 bits per heavy atom. The zero-order valence-corrected chi connectivity index (χ0v) is 11.4. The van der Waals surface area contributed by atoms with Crippen LogP contribution in [0.25, 0.3) is 0 Å². The number of carbonyl (C=O) groups is 1. The molecule has 2 heterocycles. The van der Waals surface area contributed by atoms with Crippen LogP contribution in [0.15, 0.2) is 17.2 Å². The Morgan fingerprint density at radius 3 is 2.79 bits per heavy atom. The molecule has 7 nitrogen and oxygen atoms in total. The Bertz CT molecular complexity index is 593. The van der Waals surface area contributed by atoms with E-state index in [1.165, 1.54) is 21.1 Å². The number of primary amides is 1. The van der Waals surface area contributed by atoms with E-state index in [0.29, 0.717) is 13.0 Å². The van der Waals surface area contributed by atoms with Gasteiger partial charge in [-0.15, -0.1) is 0 Å². The minimum Gasteiger partial charge on any atom is -0.395 e. The second-order valence-corrected chi connectivity index (χ2v) is 6.52. The van der Waals surface area contributed by atoms with Crippen LogP contribution < -0.4 is 5.73 Å². The van der Waals surface area contributed by atoms with Crippen molar-refractivity contribution >= 4 is 15.9 Å². The van der Waals surface area contributed by atoms with Crippen LogP contribution >= 0.6 is 0 Å². The fourth-order valence-corrected chi connectivity index (χ4v) is 4.12. The molecular formula is C11H17N3O4S. The van der Waals surface area contributed by atoms with Crippen molar-refractivity contribution in [2.24, 2.45) is 12.8 Å². The molecule has 1 aromatic heterocycles. The maximum Gasteiger partial charge on any atom is 0.265 e. The fourth-order valence-electron chi connectivity index (χ4n) is 2.36. The molecule has 0 unspecified atom stereocenters. The summed E-state index contributed by atoms with van der Waals surface area (Å²) < 4.78 is 27.6. The summed E-state index contributed by atoms with van der Waals surface area (Å²) in [4.78, 5) is 11.2. The molecule has 0 bridgehead atoms. The van der Waals surface area contributed by atoms with E-state index >= 15 is 0 Å². The molecule has 0 radical (unpaired) electrons. The van der Waals surface area contributed by atoms with Crippen LogP contribution in [0.2, 0.25) is 0 Å². The molecule has 1 aromatic rings. The Hall–Kier alpha value is -1.38. The van der Waals surface area contributed by atoms with Crippen molar-refractivity contribution in [1.29, 1.82) is 0 Å². The largest absolute Gasteiger partial charge is 0.395 e. The molecule has 19 heavy (non-hydrogen) atoms. The van der Waals surface area contributed by atoms with Gasteiger partial charge in [-0.1, -0.05) is 0 Å². The van der Waals surface area contributed by atoms with Gasteiger partial charge in [0.2, 0.25) is 10.0 Å². The van der Waals surface area contributed by atoms with Crippen LogP contribution in [0.5, 0.6) is 0 Å². The van der Waals surface area contributed by atoms with Crippen molar-refractivity contribution in [3.05, 3.63) is 18.0 Å². The smallest absolute Gasteiger partial charge is 0.265 e. The van der Waals surface area contributed by atoms with Gasteiger partial charge in [0.15, 0.2) is 0 Å². The first-order valence-electron chi connectivity index (χ1n) is 5.97. The van der Waals surface area contributed by atoms with Crippen LogP contribution in [0.1, 0.15) is 23.3 Å². The lowest BCUT2D eigenvalue weighted by Crippen LogP contribution is -2.37. The predicted octanol–water partition coefficient (Wildman–Crippen LogP) is -0.731. The highest BCUT2D eigenvalue weighted by Crippen LogP contribution is 2.26. The van der Waals surface area contributed by atoms with Gasteiger partial charge >= 0.3 is 0 Å². The number of aliphatic hydroxyl groups excluding tert-OH is 1. The van der Waals surface area contributed by atoms with Gasteiger partial charge in [-0.3, -0.25) is 4.79 Å². The molecule has 1 amide bonds. The van der Waals surface area contributed by atoms with Gasteiger partial charge in [0, 0.05) is 25.8 Å². The zero-order chi connectivity index (χ0) is 14.2. The Labute approximate surface area is 111 Å². The summed E-state index contributed by atoms with van der Waals surface area (Å²) in [6, 6.07) is 0.881. The third-order valence-electron chi connectivity index (χ3n) is 3.37. The predicted molar refractivity (Wildman–Crippen MR) is 67.9 cm³/mol. The quantitative estimate of drug-likeness (QED) is 0.761. The minimum absolute atomic E-state index is 0.0316. The normalized spacial score (nSPS) is 20.8. The summed E-state index contributed by atoms with van der Waals surface area (Å²) in [6.45, 7) is 0.184. The standard InChI is InChI=1S/C11H17N3O4S/c1-13-6-9(5-10(13)11(12)16)19(17,18)14-4-2-3-8(14)7-15/h5-6,8,15H,2-4,7H2,1H3,(H2,12,16)/t8-/m0/s1. The molecular weight excluding hydrogens is 270 g/mol. The van der Waals surface area contributed by atoms with E-state index in [-0.39, 0.29) is 23.2 Å². The molecule has 0 saturated carbocycles. The first kappa shape index (κ1) is 14.0. The first-order chi connectivity index (χ1) is 8.87. The third kappa shape index (κ3) is 2.38. The fraction of sp³-hybridized carbons (Fsp3) is 0.545. The monoisotopic (exact) mass is 287 g/mol. The maximum atomic E-state index is 12.4. The van der Waals surface area contributed by atoms with Gasteiger partial charge in [0.1, 0.15) is 10.6 Å². The topological polar surface area (TPSA) is 106 Å². The van der Waals surface area contributed by atoms with E-state index in [1.54, 1.807) is 7.05 Å². The number of rotatable bonds is 4. The number of amides is 1. The summed E-state index contributed by atoms with van der Waals surface area (Å²) in [5, 5.41) is 9.21. The Balaban J connectivity index is 2.40.